The molecule has 2 atom stereocenters. The van der Waals surface area contributed by atoms with Crippen molar-refractivity contribution < 1.29 is 4.74 Å². The molecule has 0 radical (unpaired) electrons. The van der Waals surface area contributed by atoms with E-state index in [1.807, 2.05) is 0 Å². The predicted molar refractivity (Wildman–Crippen MR) is 62.1 cm³/mol. The predicted octanol–water partition coefficient (Wildman–Crippen LogP) is 1.24. The van der Waals surface area contributed by atoms with E-state index in [0.717, 1.165) is 19.3 Å². The molecule has 2 unspecified atom stereocenters. The minimum atomic E-state index is 0.495. The van der Waals surface area contributed by atoms with Crippen molar-refractivity contribution in [2.45, 2.75) is 51.2 Å². The fourth-order valence-corrected chi connectivity index (χ4v) is 2.44. The van der Waals surface area contributed by atoms with Crippen LogP contribution in [0.4, 0.5) is 0 Å². The van der Waals surface area contributed by atoms with E-state index in [2.05, 4.69) is 24.1 Å². The fraction of sp³-hybridized carbons (Fsp3) is 1.00. The van der Waals surface area contributed by atoms with Gasteiger partial charge >= 0.3 is 0 Å². The Morgan fingerprint density at radius 2 is 2.20 bits per heavy atom. The van der Waals surface area contributed by atoms with Crippen molar-refractivity contribution in [3.63, 3.8) is 0 Å². The summed E-state index contributed by atoms with van der Waals surface area (Å²) in [5.74, 6) is 0. The van der Waals surface area contributed by atoms with E-state index < -0.39 is 0 Å². The van der Waals surface area contributed by atoms with Gasteiger partial charge in [0.1, 0.15) is 0 Å². The zero-order valence-electron chi connectivity index (χ0n) is 10.0. The van der Waals surface area contributed by atoms with E-state index in [9.17, 15) is 0 Å². The third-order valence-corrected chi connectivity index (χ3v) is 3.38. The minimum Gasteiger partial charge on any atom is -0.380 e. The standard InChI is InChI=1S/C12H24N2O/c1-3-15-9-10(2)13-11-6-7-14(8-11)12-4-5-12/h10-13H,3-9H2,1-2H3. The molecular formula is C12H24N2O. The van der Waals surface area contributed by atoms with Crippen molar-refractivity contribution in [3.8, 4) is 0 Å². The molecule has 1 aliphatic carbocycles. The second kappa shape index (κ2) is 5.28. The summed E-state index contributed by atoms with van der Waals surface area (Å²) in [6.45, 7) is 8.48. The van der Waals surface area contributed by atoms with Crippen LogP contribution >= 0.6 is 0 Å². The molecule has 1 heterocycles. The molecule has 0 aromatic rings. The summed E-state index contributed by atoms with van der Waals surface area (Å²) in [6, 6.07) is 2.12. The molecule has 2 fully saturated rings. The normalized spacial score (nSPS) is 29.6. The van der Waals surface area contributed by atoms with Crippen LogP contribution in [0.3, 0.4) is 0 Å². The van der Waals surface area contributed by atoms with Gasteiger partial charge in [-0.2, -0.15) is 0 Å². The first-order valence-electron chi connectivity index (χ1n) is 6.37. The van der Waals surface area contributed by atoms with E-state index >= 15 is 0 Å². The first kappa shape index (κ1) is 11.4. The number of nitrogens with one attached hydrogen (secondary N) is 1. The van der Waals surface area contributed by atoms with Gasteiger partial charge in [0, 0.05) is 37.8 Å². The molecule has 0 aromatic heterocycles. The van der Waals surface area contributed by atoms with Gasteiger partial charge in [-0.05, 0) is 33.1 Å². The van der Waals surface area contributed by atoms with Crippen LogP contribution < -0.4 is 5.32 Å². The second-order valence-corrected chi connectivity index (χ2v) is 4.94. The van der Waals surface area contributed by atoms with Crippen LogP contribution in [0.5, 0.6) is 0 Å². The van der Waals surface area contributed by atoms with Gasteiger partial charge in [0.05, 0.1) is 6.61 Å². The molecule has 2 rings (SSSR count). The Morgan fingerprint density at radius 3 is 2.87 bits per heavy atom. The van der Waals surface area contributed by atoms with Crippen molar-refractivity contribution in [1.29, 1.82) is 0 Å². The lowest BCUT2D eigenvalue weighted by molar-refractivity contribution is 0.123. The summed E-state index contributed by atoms with van der Waals surface area (Å²) in [4.78, 5) is 2.64. The van der Waals surface area contributed by atoms with Crippen LogP contribution in [0.25, 0.3) is 0 Å². The maximum atomic E-state index is 5.42. The Morgan fingerprint density at radius 1 is 1.40 bits per heavy atom. The Hall–Kier alpha value is -0.120. The van der Waals surface area contributed by atoms with Crippen molar-refractivity contribution in [2.24, 2.45) is 0 Å². The molecule has 1 aliphatic heterocycles. The first-order valence-corrected chi connectivity index (χ1v) is 6.37. The molecule has 3 heteroatoms. The van der Waals surface area contributed by atoms with Crippen molar-refractivity contribution in [1.82, 2.24) is 10.2 Å². The highest BCUT2D eigenvalue weighted by molar-refractivity contribution is 4.92. The largest absolute Gasteiger partial charge is 0.380 e. The lowest BCUT2D eigenvalue weighted by Gasteiger charge is -2.20. The lowest BCUT2D eigenvalue weighted by Crippen LogP contribution is -2.41. The summed E-state index contributed by atoms with van der Waals surface area (Å²) in [7, 11) is 0. The summed E-state index contributed by atoms with van der Waals surface area (Å²) in [5, 5.41) is 3.66. The van der Waals surface area contributed by atoms with Crippen molar-refractivity contribution in [3.05, 3.63) is 0 Å². The SMILES string of the molecule is CCOCC(C)NC1CCN(C2CC2)C1. The summed E-state index contributed by atoms with van der Waals surface area (Å²) < 4.78 is 5.42. The molecule has 88 valence electrons. The summed E-state index contributed by atoms with van der Waals surface area (Å²) in [6.07, 6.45) is 4.18. The topological polar surface area (TPSA) is 24.5 Å². The number of ether oxygens (including phenoxy) is 1. The van der Waals surface area contributed by atoms with Crippen molar-refractivity contribution in [2.75, 3.05) is 26.3 Å². The molecule has 0 amide bonds. The average Bonchev–Trinajstić information content (AvgIpc) is 2.98. The smallest absolute Gasteiger partial charge is 0.0616 e. The van der Waals surface area contributed by atoms with Crippen LogP contribution in [-0.4, -0.2) is 49.3 Å². The van der Waals surface area contributed by atoms with Crippen LogP contribution in [0, 0.1) is 0 Å². The molecule has 0 aromatic carbocycles. The van der Waals surface area contributed by atoms with E-state index in [0.29, 0.717) is 12.1 Å². The molecule has 3 nitrogen and oxygen atoms in total. The average molecular weight is 212 g/mol. The molecule has 1 N–H and O–H groups in total. The first-order chi connectivity index (χ1) is 7.29. The number of hydrogen-bond acceptors (Lipinski definition) is 3. The lowest BCUT2D eigenvalue weighted by atomic mass is 10.2. The van der Waals surface area contributed by atoms with E-state index in [4.69, 9.17) is 4.74 Å². The van der Waals surface area contributed by atoms with Crippen LogP contribution in [0.2, 0.25) is 0 Å². The zero-order chi connectivity index (χ0) is 10.7. The fourth-order valence-electron chi connectivity index (χ4n) is 2.44. The Balaban J connectivity index is 1.62. The molecule has 15 heavy (non-hydrogen) atoms. The third kappa shape index (κ3) is 3.44. The van der Waals surface area contributed by atoms with E-state index in [1.165, 1.54) is 32.4 Å². The summed E-state index contributed by atoms with van der Waals surface area (Å²) in [5.41, 5.74) is 0. The third-order valence-electron chi connectivity index (χ3n) is 3.38. The van der Waals surface area contributed by atoms with Gasteiger partial charge in [-0.1, -0.05) is 0 Å². The zero-order valence-corrected chi connectivity index (χ0v) is 10.0. The monoisotopic (exact) mass is 212 g/mol. The number of likely N-dealkylation sites (tertiary alicyclic amines) is 1. The highest BCUT2D eigenvalue weighted by Crippen LogP contribution is 2.29. The molecular weight excluding hydrogens is 188 g/mol. The Labute approximate surface area is 93.2 Å². The molecule has 0 spiro atoms. The molecule has 0 bridgehead atoms. The van der Waals surface area contributed by atoms with Crippen molar-refractivity contribution >= 4 is 0 Å². The molecule has 1 saturated heterocycles. The summed E-state index contributed by atoms with van der Waals surface area (Å²) >= 11 is 0. The number of nitrogens with zero attached hydrogens (tertiary/aromatic N) is 1. The highest BCUT2D eigenvalue weighted by Gasteiger charge is 2.34. The van der Waals surface area contributed by atoms with Gasteiger partial charge in [-0.25, -0.2) is 0 Å². The van der Waals surface area contributed by atoms with Gasteiger partial charge in [0.2, 0.25) is 0 Å². The van der Waals surface area contributed by atoms with Crippen LogP contribution in [0.1, 0.15) is 33.1 Å². The van der Waals surface area contributed by atoms with Gasteiger partial charge < -0.3 is 10.1 Å². The van der Waals surface area contributed by atoms with E-state index in [1.54, 1.807) is 0 Å². The van der Waals surface area contributed by atoms with Gasteiger partial charge in [-0.15, -0.1) is 0 Å². The van der Waals surface area contributed by atoms with Crippen LogP contribution in [0.15, 0.2) is 0 Å². The van der Waals surface area contributed by atoms with Gasteiger partial charge in [-0.3, -0.25) is 4.90 Å². The molecule has 1 saturated carbocycles. The quantitative estimate of drug-likeness (QED) is 0.717. The Bertz CT molecular complexity index is 194. The van der Waals surface area contributed by atoms with Gasteiger partial charge in [0.25, 0.3) is 0 Å². The second-order valence-electron chi connectivity index (χ2n) is 4.94. The number of rotatable bonds is 6. The highest BCUT2D eigenvalue weighted by atomic mass is 16.5. The maximum Gasteiger partial charge on any atom is 0.0616 e. The maximum absolute atomic E-state index is 5.42. The van der Waals surface area contributed by atoms with E-state index in [-0.39, 0.29) is 0 Å². The Kier molecular flexibility index (Phi) is 4.00. The van der Waals surface area contributed by atoms with Gasteiger partial charge in [0.15, 0.2) is 0 Å². The minimum absolute atomic E-state index is 0.495. The molecule has 2 aliphatic rings. The van der Waals surface area contributed by atoms with Crippen LogP contribution in [-0.2, 0) is 4.74 Å². The number of hydrogen-bond donors (Lipinski definition) is 1.